The van der Waals surface area contributed by atoms with Crippen molar-refractivity contribution in [2.45, 2.75) is 12.6 Å². The third-order valence-electron chi connectivity index (χ3n) is 7.79. The van der Waals surface area contributed by atoms with E-state index >= 15 is 0 Å². The predicted molar refractivity (Wildman–Crippen MR) is 156 cm³/mol. The second kappa shape index (κ2) is 12.7. The van der Waals surface area contributed by atoms with Gasteiger partial charge in [-0.1, -0.05) is 12.1 Å². The molecule has 1 aromatic carbocycles. The number of alkyl halides is 3. The van der Waals surface area contributed by atoms with E-state index in [2.05, 4.69) is 15.2 Å². The Bertz CT molecular complexity index is 1640. The fourth-order valence-corrected chi connectivity index (χ4v) is 5.51. The van der Waals surface area contributed by atoms with Gasteiger partial charge in [-0.25, -0.2) is 4.79 Å². The molecule has 2 saturated heterocycles. The van der Waals surface area contributed by atoms with Crippen LogP contribution in [-0.2, 0) is 20.7 Å². The molecule has 0 bridgehead atoms. The minimum atomic E-state index is -5.22. The number of carbonyl (C=O) groups is 3. The molecule has 0 radical (unpaired) electrons. The zero-order valence-corrected chi connectivity index (χ0v) is 24.1. The zero-order valence-electron chi connectivity index (χ0n) is 24.1. The molecule has 11 nitrogen and oxygen atoms in total. The number of halogens is 3. The van der Waals surface area contributed by atoms with Crippen molar-refractivity contribution in [3.63, 3.8) is 0 Å². The van der Waals surface area contributed by atoms with Crippen LogP contribution in [0.4, 0.5) is 18.9 Å². The molecule has 0 spiro atoms. The summed E-state index contributed by atoms with van der Waals surface area (Å²) < 4.78 is 51.0. The zero-order chi connectivity index (χ0) is 31.6. The van der Waals surface area contributed by atoms with Crippen molar-refractivity contribution >= 4 is 35.6 Å². The van der Waals surface area contributed by atoms with Gasteiger partial charge in [0.05, 0.1) is 49.1 Å². The van der Waals surface area contributed by atoms with E-state index in [1.54, 1.807) is 29.2 Å². The molecular formula is C31H30F3N5O6. The molecule has 14 heteroatoms. The number of aromatic nitrogens is 2. The normalized spacial score (nSPS) is 17.3. The Morgan fingerprint density at radius 3 is 2.42 bits per heavy atom. The lowest BCUT2D eigenvalue weighted by Crippen LogP contribution is -2.41. The third-order valence-corrected chi connectivity index (χ3v) is 7.79. The minimum absolute atomic E-state index is 0.0664. The first-order chi connectivity index (χ1) is 21.7. The lowest BCUT2D eigenvalue weighted by molar-refractivity contribution is -0.199. The number of anilines is 1. The van der Waals surface area contributed by atoms with Gasteiger partial charge in [-0.2, -0.15) is 17.9 Å². The first-order valence-corrected chi connectivity index (χ1v) is 14.5. The average molecular weight is 626 g/mol. The van der Waals surface area contributed by atoms with Crippen LogP contribution in [-0.4, -0.2) is 97.7 Å². The maximum Gasteiger partial charge on any atom is 0.493 e. The number of fused-ring (bicyclic) bond motifs is 1. The number of ether oxygens (including phenoxy) is 2. The lowest BCUT2D eigenvalue weighted by atomic mass is 10.0. The van der Waals surface area contributed by atoms with Gasteiger partial charge in [-0.3, -0.25) is 14.6 Å². The summed E-state index contributed by atoms with van der Waals surface area (Å²) in [5, 5.41) is 2.65. The molecule has 0 unspecified atom stereocenters. The monoisotopic (exact) mass is 625 g/mol. The second-order valence-electron chi connectivity index (χ2n) is 10.6. The van der Waals surface area contributed by atoms with Crippen LogP contribution in [0.1, 0.15) is 37.7 Å². The van der Waals surface area contributed by atoms with Gasteiger partial charge in [0.15, 0.2) is 0 Å². The molecule has 3 aliphatic heterocycles. The van der Waals surface area contributed by atoms with Crippen molar-refractivity contribution in [3.05, 3.63) is 70.7 Å². The van der Waals surface area contributed by atoms with E-state index < -0.39 is 18.1 Å². The topological polar surface area (TPSA) is 115 Å². The lowest BCUT2D eigenvalue weighted by Gasteiger charge is -2.31. The molecule has 2 amide bonds. The molecule has 0 atom stereocenters. The van der Waals surface area contributed by atoms with E-state index in [0.29, 0.717) is 69.4 Å². The van der Waals surface area contributed by atoms with Gasteiger partial charge in [0.2, 0.25) is 0 Å². The van der Waals surface area contributed by atoms with Crippen LogP contribution in [0, 0.1) is 0 Å². The van der Waals surface area contributed by atoms with Crippen molar-refractivity contribution < 1.29 is 41.9 Å². The van der Waals surface area contributed by atoms with E-state index in [1.165, 1.54) is 12.3 Å². The minimum Gasteiger partial charge on any atom is -0.378 e. The highest BCUT2D eigenvalue weighted by Gasteiger charge is 2.43. The van der Waals surface area contributed by atoms with Crippen LogP contribution in [0.25, 0.3) is 23.4 Å². The molecule has 5 heterocycles. The van der Waals surface area contributed by atoms with E-state index in [0.717, 1.165) is 16.0 Å². The van der Waals surface area contributed by atoms with Crippen LogP contribution in [0.3, 0.4) is 0 Å². The molecule has 3 aromatic rings. The number of morpholine rings is 2. The fraction of sp³-hybridized carbons (Fsp3) is 0.355. The molecule has 2 aromatic heterocycles. The Hall–Kier alpha value is -4.69. The molecular weight excluding hydrogens is 595 g/mol. The second-order valence-corrected chi connectivity index (χ2v) is 10.6. The summed E-state index contributed by atoms with van der Waals surface area (Å²) in [5.41, 5.74) is 3.51. The summed E-state index contributed by atoms with van der Waals surface area (Å²) in [4.78, 5) is 50.5. The summed E-state index contributed by atoms with van der Waals surface area (Å²) in [6, 6.07) is 10.1. The Morgan fingerprint density at radius 1 is 0.956 bits per heavy atom. The molecule has 0 saturated carbocycles. The number of hydrogen-bond acceptors (Lipinski definition) is 8. The largest absolute Gasteiger partial charge is 0.493 e. The van der Waals surface area contributed by atoms with Gasteiger partial charge in [0.25, 0.3) is 11.8 Å². The predicted octanol–water partition coefficient (Wildman–Crippen LogP) is 2.83. The van der Waals surface area contributed by atoms with Crippen LogP contribution >= 0.6 is 0 Å². The third kappa shape index (κ3) is 6.56. The van der Waals surface area contributed by atoms with Crippen LogP contribution < -0.4 is 15.1 Å². The molecule has 236 valence electrons. The number of rotatable bonds is 6. The van der Waals surface area contributed by atoms with Gasteiger partial charge >= 0.3 is 12.1 Å². The number of hydrogen-bond donors (Lipinski definition) is 1. The van der Waals surface area contributed by atoms with E-state index in [1.807, 2.05) is 18.2 Å². The SMILES string of the molecule is O=C1NCCc2c1cc(-c1ccnc(C=Cc3ccc(C(=O)N4CCOCC4)cc3N3CCOCC3)c1)n2OC(=O)C(F)(F)F. The van der Waals surface area contributed by atoms with Crippen LogP contribution in [0.2, 0.25) is 0 Å². The molecule has 45 heavy (non-hydrogen) atoms. The van der Waals surface area contributed by atoms with Gasteiger partial charge in [0.1, 0.15) is 0 Å². The number of nitrogens with zero attached hydrogens (tertiary/aromatic N) is 4. The van der Waals surface area contributed by atoms with E-state index in [9.17, 15) is 27.6 Å². The van der Waals surface area contributed by atoms with E-state index in [4.69, 9.17) is 14.3 Å². The highest BCUT2D eigenvalue weighted by molar-refractivity contribution is 5.98. The van der Waals surface area contributed by atoms with Crippen LogP contribution in [0.15, 0.2) is 42.6 Å². The number of carbonyl (C=O) groups excluding carboxylic acids is 3. The first kappa shape index (κ1) is 30.3. The Kier molecular flexibility index (Phi) is 8.59. The molecule has 6 rings (SSSR count). The molecule has 0 aliphatic carbocycles. The van der Waals surface area contributed by atoms with Crippen molar-refractivity contribution in [2.24, 2.45) is 0 Å². The maximum absolute atomic E-state index is 13.2. The number of pyridine rings is 1. The van der Waals surface area contributed by atoms with Gasteiger partial charge < -0.3 is 29.4 Å². The standard InChI is InChI=1S/C31H30F3N5O6/c32-31(33,34)30(42)45-39-25-6-8-36-28(40)24(25)19-27(39)21-5-7-35-23(17-21)4-3-20-1-2-22(29(41)38-11-15-44-16-12-38)18-26(20)37-9-13-43-14-10-37/h1-5,7,17-19H,6,8-16H2,(H,36,40). The average Bonchev–Trinajstić information content (AvgIpc) is 3.43. The highest BCUT2D eigenvalue weighted by atomic mass is 19.4. The summed E-state index contributed by atoms with van der Waals surface area (Å²) in [6.45, 7) is 4.64. The van der Waals surface area contributed by atoms with Crippen molar-refractivity contribution in [3.8, 4) is 11.3 Å². The van der Waals surface area contributed by atoms with Gasteiger partial charge in [-0.15, -0.1) is 0 Å². The van der Waals surface area contributed by atoms with Crippen molar-refractivity contribution in [2.75, 3.05) is 64.1 Å². The Balaban J connectivity index is 1.32. The maximum atomic E-state index is 13.2. The van der Waals surface area contributed by atoms with Gasteiger partial charge in [-0.05, 0) is 42.0 Å². The van der Waals surface area contributed by atoms with Crippen molar-refractivity contribution in [1.29, 1.82) is 0 Å². The molecule has 3 aliphatic rings. The summed E-state index contributed by atoms with van der Waals surface area (Å²) in [6.07, 6.45) is 0.0232. The smallest absolute Gasteiger partial charge is 0.378 e. The first-order valence-electron chi connectivity index (χ1n) is 14.5. The summed E-state index contributed by atoms with van der Waals surface area (Å²) >= 11 is 0. The van der Waals surface area contributed by atoms with Crippen LogP contribution in [0.5, 0.6) is 0 Å². The Morgan fingerprint density at radius 2 is 1.69 bits per heavy atom. The fourth-order valence-electron chi connectivity index (χ4n) is 5.51. The van der Waals surface area contributed by atoms with Crippen molar-refractivity contribution in [1.82, 2.24) is 19.9 Å². The number of nitrogens with one attached hydrogen (secondary N) is 1. The number of benzene rings is 1. The number of amides is 2. The summed E-state index contributed by atoms with van der Waals surface area (Å²) in [7, 11) is 0. The quantitative estimate of drug-likeness (QED) is 0.445. The van der Waals surface area contributed by atoms with Gasteiger partial charge in [0, 0.05) is 62.2 Å². The summed E-state index contributed by atoms with van der Waals surface area (Å²) in [5.74, 6) is -2.93. The molecule has 1 N–H and O–H groups in total. The molecule has 2 fully saturated rings. The highest BCUT2D eigenvalue weighted by Crippen LogP contribution is 2.30. The Labute approximate surface area is 256 Å². The van der Waals surface area contributed by atoms with E-state index in [-0.39, 0.29) is 35.8 Å².